The van der Waals surface area contributed by atoms with Crippen molar-refractivity contribution < 1.29 is 14.3 Å². The van der Waals surface area contributed by atoms with Gasteiger partial charge in [-0.1, -0.05) is 0 Å². The normalized spacial score (nSPS) is 21.9. The highest BCUT2D eigenvalue weighted by atomic mass is 16.7. The van der Waals surface area contributed by atoms with Crippen LogP contribution in [0.2, 0.25) is 0 Å². The Bertz CT molecular complexity index is 846. The van der Waals surface area contributed by atoms with E-state index in [9.17, 15) is 4.79 Å². The van der Waals surface area contributed by atoms with Crippen LogP contribution in [0.25, 0.3) is 5.65 Å². The van der Waals surface area contributed by atoms with E-state index < -0.39 is 5.79 Å². The number of likely N-dealkylation sites (tertiary alicyclic amines) is 1. The Hall–Kier alpha value is -2.26. The monoisotopic (exact) mass is 386 g/mol. The van der Waals surface area contributed by atoms with Crippen LogP contribution in [0, 0.1) is 0 Å². The quantitative estimate of drug-likeness (QED) is 0.776. The average Bonchev–Trinajstić information content (AvgIpc) is 3.48. The molecule has 9 heteroatoms. The van der Waals surface area contributed by atoms with Crippen LogP contribution in [0.3, 0.4) is 0 Å². The Labute approximate surface area is 163 Å². The van der Waals surface area contributed by atoms with Gasteiger partial charge in [0.1, 0.15) is 5.82 Å². The highest BCUT2D eigenvalue weighted by Crippen LogP contribution is 2.31. The summed E-state index contributed by atoms with van der Waals surface area (Å²) in [5, 5.41) is 13.2. The number of aryl methyl sites for hydroxylation is 1. The SMILES string of the molecule is O=C(CCc1nnc2ccc(N3CCCC3)nn12)N1CCC2(CC1)OCCO2. The second-order valence-corrected chi connectivity index (χ2v) is 7.76. The highest BCUT2D eigenvalue weighted by molar-refractivity contribution is 5.76. The molecule has 9 nitrogen and oxygen atoms in total. The number of fused-ring (bicyclic) bond motifs is 1. The summed E-state index contributed by atoms with van der Waals surface area (Å²) in [7, 11) is 0. The van der Waals surface area contributed by atoms with E-state index in [1.54, 1.807) is 4.52 Å². The molecule has 0 unspecified atom stereocenters. The molecule has 1 amide bonds. The lowest BCUT2D eigenvalue weighted by Gasteiger charge is -2.37. The van der Waals surface area contributed by atoms with Gasteiger partial charge in [0.2, 0.25) is 5.91 Å². The molecule has 2 aromatic heterocycles. The van der Waals surface area contributed by atoms with Gasteiger partial charge in [-0.05, 0) is 25.0 Å². The zero-order valence-corrected chi connectivity index (χ0v) is 16.0. The van der Waals surface area contributed by atoms with Gasteiger partial charge in [-0.3, -0.25) is 4.79 Å². The Balaban J connectivity index is 1.22. The average molecular weight is 386 g/mol. The second-order valence-electron chi connectivity index (χ2n) is 7.76. The molecule has 3 aliphatic heterocycles. The van der Waals surface area contributed by atoms with E-state index in [0.29, 0.717) is 39.1 Å². The fourth-order valence-corrected chi connectivity index (χ4v) is 4.35. The van der Waals surface area contributed by atoms with E-state index in [-0.39, 0.29) is 5.91 Å². The molecular weight excluding hydrogens is 360 g/mol. The van der Waals surface area contributed by atoms with E-state index in [2.05, 4.69) is 15.1 Å². The van der Waals surface area contributed by atoms with E-state index in [1.807, 2.05) is 17.0 Å². The number of amides is 1. The molecule has 3 fully saturated rings. The molecule has 5 rings (SSSR count). The summed E-state index contributed by atoms with van der Waals surface area (Å²) >= 11 is 0. The molecule has 1 spiro atoms. The van der Waals surface area contributed by atoms with Crippen molar-refractivity contribution >= 4 is 17.4 Å². The molecule has 2 aromatic rings. The Kier molecular flexibility index (Phi) is 4.64. The summed E-state index contributed by atoms with van der Waals surface area (Å²) in [4.78, 5) is 16.9. The van der Waals surface area contributed by atoms with E-state index >= 15 is 0 Å². The first-order valence-electron chi connectivity index (χ1n) is 10.2. The van der Waals surface area contributed by atoms with Gasteiger partial charge in [-0.2, -0.15) is 4.52 Å². The van der Waals surface area contributed by atoms with Crippen LogP contribution in [0.1, 0.15) is 37.9 Å². The van der Waals surface area contributed by atoms with Crippen LogP contribution in [-0.2, 0) is 20.7 Å². The first-order valence-corrected chi connectivity index (χ1v) is 10.2. The number of carbonyl (C=O) groups is 1. The molecule has 0 aromatic carbocycles. The number of anilines is 1. The zero-order valence-electron chi connectivity index (χ0n) is 16.0. The van der Waals surface area contributed by atoms with E-state index in [1.165, 1.54) is 12.8 Å². The summed E-state index contributed by atoms with van der Waals surface area (Å²) in [5.41, 5.74) is 0.723. The van der Waals surface area contributed by atoms with Gasteiger partial charge in [0.15, 0.2) is 17.3 Å². The maximum atomic E-state index is 12.7. The summed E-state index contributed by atoms with van der Waals surface area (Å²) in [6.45, 7) is 4.74. The molecule has 0 saturated carbocycles. The standard InChI is InChI=1S/C19H26N6O3/c26-18(24-11-7-19(8-12-24)27-13-14-28-19)6-5-16-21-20-15-3-4-17(22-25(15)16)23-9-1-2-10-23/h3-4H,1-2,5-14H2. The topological polar surface area (TPSA) is 85.1 Å². The summed E-state index contributed by atoms with van der Waals surface area (Å²) in [6.07, 6.45) is 4.84. The van der Waals surface area contributed by atoms with Gasteiger partial charge in [0.05, 0.1) is 13.2 Å². The van der Waals surface area contributed by atoms with E-state index in [4.69, 9.17) is 14.6 Å². The van der Waals surface area contributed by atoms with Gasteiger partial charge >= 0.3 is 0 Å². The molecular formula is C19H26N6O3. The maximum absolute atomic E-state index is 12.7. The largest absolute Gasteiger partial charge is 0.355 e. The predicted octanol–water partition coefficient (Wildman–Crippen LogP) is 1.02. The van der Waals surface area contributed by atoms with Gasteiger partial charge in [-0.25, -0.2) is 0 Å². The van der Waals surface area contributed by atoms with Crippen molar-refractivity contribution in [1.82, 2.24) is 24.7 Å². The molecule has 0 N–H and O–H groups in total. The van der Waals surface area contributed by atoms with Crippen LogP contribution in [0.5, 0.6) is 0 Å². The van der Waals surface area contributed by atoms with Crippen LogP contribution in [0.4, 0.5) is 5.82 Å². The number of ether oxygens (including phenoxy) is 2. The molecule has 0 radical (unpaired) electrons. The zero-order chi connectivity index (χ0) is 19.0. The lowest BCUT2D eigenvalue weighted by Crippen LogP contribution is -2.47. The minimum Gasteiger partial charge on any atom is -0.355 e. The fraction of sp³-hybridized carbons (Fsp3) is 0.684. The molecule has 150 valence electrons. The summed E-state index contributed by atoms with van der Waals surface area (Å²) in [5.74, 6) is 1.38. The number of hydrogen-bond donors (Lipinski definition) is 0. The van der Waals surface area contributed by atoms with Gasteiger partial charge in [0, 0.05) is 51.9 Å². The van der Waals surface area contributed by atoms with Gasteiger partial charge in [-0.15, -0.1) is 15.3 Å². The first-order chi connectivity index (χ1) is 13.7. The van der Waals surface area contributed by atoms with Crippen molar-refractivity contribution in [2.24, 2.45) is 0 Å². The third kappa shape index (κ3) is 3.33. The minimum absolute atomic E-state index is 0.139. The first kappa shape index (κ1) is 17.8. The van der Waals surface area contributed by atoms with Crippen LogP contribution in [0.15, 0.2) is 12.1 Å². The van der Waals surface area contributed by atoms with Crippen molar-refractivity contribution in [3.8, 4) is 0 Å². The molecule has 0 atom stereocenters. The number of hydrogen-bond acceptors (Lipinski definition) is 7. The van der Waals surface area contributed by atoms with Crippen molar-refractivity contribution in [2.45, 2.75) is 44.3 Å². The molecule has 28 heavy (non-hydrogen) atoms. The molecule has 5 heterocycles. The number of aromatic nitrogens is 4. The van der Waals surface area contributed by atoms with Crippen molar-refractivity contribution in [1.29, 1.82) is 0 Å². The second kappa shape index (κ2) is 7.29. The maximum Gasteiger partial charge on any atom is 0.223 e. The van der Waals surface area contributed by atoms with Crippen LogP contribution < -0.4 is 4.90 Å². The van der Waals surface area contributed by atoms with Gasteiger partial charge < -0.3 is 19.3 Å². The Morgan fingerprint density at radius 1 is 1.04 bits per heavy atom. The van der Waals surface area contributed by atoms with E-state index in [0.717, 1.165) is 43.2 Å². The van der Waals surface area contributed by atoms with Crippen molar-refractivity contribution in [3.05, 3.63) is 18.0 Å². The number of carbonyl (C=O) groups excluding carboxylic acids is 1. The number of rotatable bonds is 4. The molecule has 3 aliphatic rings. The lowest BCUT2D eigenvalue weighted by molar-refractivity contribution is -0.187. The molecule has 0 aliphatic carbocycles. The molecule has 3 saturated heterocycles. The fourth-order valence-electron chi connectivity index (χ4n) is 4.35. The van der Waals surface area contributed by atoms with Crippen LogP contribution in [-0.4, -0.2) is 75.8 Å². The highest BCUT2D eigenvalue weighted by Gasteiger charge is 2.40. The van der Waals surface area contributed by atoms with Crippen LogP contribution >= 0.6 is 0 Å². The number of piperidine rings is 1. The summed E-state index contributed by atoms with van der Waals surface area (Å²) < 4.78 is 13.3. The summed E-state index contributed by atoms with van der Waals surface area (Å²) in [6, 6.07) is 3.95. The molecule has 0 bridgehead atoms. The predicted molar refractivity (Wildman–Crippen MR) is 101 cm³/mol. The van der Waals surface area contributed by atoms with Crippen molar-refractivity contribution in [3.63, 3.8) is 0 Å². The third-order valence-electron chi connectivity index (χ3n) is 6.00. The third-order valence-corrected chi connectivity index (χ3v) is 6.00. The van der Waals surface area contributed by atoms with Crippen molar-refractivity contribution in [2.75, 3.05) is 44.3 Å². The lowest BCUT2D eigenvalue weighted by atomic mass is 10.0. The Morgan fingerprint density at radius 3 is 2.54 bits per heavy atom. The Morgan fingerprint density at radius 2 is 1.79 bits per heavy atom. The van der Waals surface area contributed by atoms with Gasteiger partial charge in [0.25, 0.3) is 0 Å². The minimum atomic E-state index is -0.449. The smallest absolute Gasteiger partial charge is 0.223 e. The number of nitrogens with zero attached hydrogens (tertiary/aromatic N) is 6.